The van der Waals surface area contributed by atoms with Crippen LogP contribution in [0.1, 0.15) is 37.5 Å². The molecule has 1 aromatic rings. The summed E-state index contributed by atoms with van der Waals surface area (Å²) >= 11 is 0. The minimum atomic E-state index is -1.30. The molecule has 1 heterocycles. The van der Waals surface area contributed by atoms with Crippen molar-refractivity contribution in [3.8, 4) is 12.8 Å². The third-order valence-electron chi connectivity index (χ3n) is 2.70. The van der Waals surface area contributed by atoms with Gasteiger partial charge in [0.2, 0.25) is 17.7 Å². The maximum atomic E-state index is 11.6. The molecule has 14 heteroatoms. The van der Waals surface area contributed by atoms with E-state index in [1.54, 1.807) is 0 Å². The molecule has 2 atom stereocenters. The van der Waals surface area contributed by atoms with E-state index in [-0.39, 0.29) is 43.6 Å². The molecule has 0 saturated carbocycles. The fourth-order valence-corrected chi connectivity index (χ4v) is 1.48. The molecule has 0 aromatic carbocycles. The molecule has 162 valence electrons. The van der Waals surface area contributed by atoms with Crippen LogP contribution in [0.3, 0.4) is 0 Å². The second kappa shape index (κ2) is 15.4. The van der Waals surface area contributed by atoms with E-state index in [4.69, 9.17) is 26.2 Å². The summed E-state index contributed by atoms with van der Waals surface area (Å²) in [5.41, 5.74) is 14.9. The fraction of sp³-hybridized carbons (Fsp3) is 0.467. The number of rotatable bonds is 9. The Bertz CT molecular complexity index is 686. The number of terminal acetylenes is 1. The highest BCUT2D eigenvalue weighted by Gasteiger charge is 2.21. The first kappa shape index (κ1) is 27.5. The van der Waals surface area contributed by atoms with Gasteiger partial charge in [0.25, 0.3) is 0 Å². The van der Waals surface area contributed by atoms with Crippen LogP contribution >= 0.6 is 0 Å². The van der Waals surface area contributed by atoms with Crippen molar-refractivity contribution in [1.29, 1.82) is 0 Å². The van der Waals surface area contributed by atoms with Crippen molar-refractivity contribution in [2.45, 2.75) is 38.4 Å². The topological polar surface area (TPSA) is 250 Å². The lowest BCUT2D eigenvalue weighted by atomic mass is 10.1. The molecular weight excluding hydrogens is 390 g/mol. The van der Waals surface area contributed by atoms with Gasteiger partial charge in [0.05, 0.1) is 19.2 Å². The predicted octanol–water partition coefficient (Wildman–Crippen LogP) is -2.68. The number of urea groups is 1. The van der Waals surface area contributed by atoms with Crippen LogP contribution in [0.2, 0.25) is 0 Å². The number of nitrogens with two attached hydrogens (primary N) is 3. The van der Waals surface area contributed by atoms with Crippen LogP contribution in [0, 0.1) is 12.8 Å². The summed E-state index contributed by atoms with van der Waals surface area (Å²) in [6, 6.07) is -2.86. The number of carboxylic acids is 1. The first-order chi connectivity index (χ1) is 13.6. The lowest BCUT2D eigenvalue weighted by Gasteiger charge is -2.13. The van der Waals surface area contributed by atoms with E-state index >= 15 is 0 Å². The van der Waals surface area contributed by atoms with Crippen molar-refractivity contribution in [3.63, 3.8) is 0 Å². The van der Waals surface area contributed by atoms with Crippen molar-refractivity contribution in [2.75, 3.05) is 6.61 Å². The van der Waals surface area contributed by atoms with Crippen LogP contribution in [0.15, 0.2) is 4.52 Å². The molecule has 1 aromatic heterocycles. The molecule has 0 unspecified atom stereocenters. The van der Waals surface area contributed by atoms with E-state index in [1.807, 2.05) is 0 Å². The number of carbonyl (C=O) groups is 4. The zero-order valence-electron chi connectivity index (χ0n) is 15.7. The van der Waals surface area contributed by atoms with Crippen molar-refractivity contribution in [1.82, 2.24) is 20.8 Å². The van der Waals surface area contributed by atoms with E-state index < -0.39 is 30.0 Å². The zero-order valence-corrected chi connectivity index (χ0v) is 15.7. The Morgan fingerprint density at radius 2 is 1.79 bits per heavy atom. The van der Waals surface area contributed by atoms with Gasteiger partial charge in [-0.2, -0.15) is 4.98 Å². The van der Waals surface area contributed by atoms with Crippen molar-refractivity contribution in [3.05, 3.63) is 11.7 Å². The zero-order chi connectivity index (χ0) is 23.0. The van der Waals surface area contributed by atoms with E-state index in [9.17, 15) is 19.2 Å². The van der Waals surface area contributed by atoms with E-state index in [0.717, 1.165) is 0 Å². The molecule has 0 radical (unpaired) electrons. The molecule has 0 saturated heterocycles. The minimum Gasteiger partial charge on any atom is -0.480 e. The van der Waals surface area contributed by atoms with E-state index in [1.165, 1.54) is 6.92 Å². The van der Waals surface area contributed by atoms with Crippen LogP contribution in [0.5, 0.6) is 0 Å². The third kappa shape index (κ3) is 14.1. The number of aromatic nitrogens is 2. The summed E-state index contributed by atoms with van der Waals surface area (Å²) in [4.78, 5) is 46.3. The number of aliphatic hydroxyl groups is 1. The summed E-state index contributed by atoms with van der Waals surface area (Å²) in [5.74, 6) is -2.19. The van der Waals surface area contributed by atoms with Gasteiger partial charge >= 0.3 is 12.0 Å². The Morgan fingerprint density at radius 1 is 1.24 bits per heavy atom. The SMILES string of the molecule is C#C.CC(N)=O.NC(=O)CC[C@H](NC(=O)NCc1nc([C@@H](N)CO)no1)C(=O)O. The molecular formula is C15H25N7O7. The predicted molar refractivity (Wildman–Crippen MR) is 98.3 cm³/mol. The van der Waals surface area contributed by atoms with Gasteiger partial charge < -0.3 is 42.6 Å². The summed E-state index contributed by atoms with van der Waals surface area (Å²) in [6.07, 6.45) is 7.69. The largest absolute Gasteiger partial charge is 0.480 e. The van der Waals surface area contributed by atoms with E-state index in [2.05, 4.69) is 39.4 Å². The van der Waals surface area contributed by atoms with E-state index in [0.29, 0.717) is 0 Å². The lowest BCUT2D eigenvalue weighted by molar-refractivity contribution is -0.139. The summed E-state index contributed by atoms with van der Waals surface area (Å²) < 4.78 is 4.80. The number of aliphatic carboxylic acids is 1. The molecule has 1 rings (SSSR count). The highest BCUT2D eigenvalue weighted by Crippen LogP contribution is 2.05. The molecule has 10 N–H and O–H groups in total. The number of aliphatic hydroxyl groups excluding tert-OH is 1. The van der Waals surface area contributed by atoms with Gasteiger partial charge in [-0.15, -0.1) is 12.8 Å². The number of carbonyl (C=O) groups excluding carboxylic acids is 3. The number of amides is 4. The first-order valence-corrected chi connectivity index (χ1v) is 7.90. The van der Waals surface area contributed by atoms with Crippen LogP contribution in [-0.4, -0.2) is 56.8 Å². The Kier molecular flexibility index (Phi) is 14.6. The minimum absolute atomic E-state index is 0.0306. The van der Waals surface area contributed by atoms with Crippen LogP contribution in [0.4, 0.5) is 4.79 Å². The maximum absolute atomic E-state index is 11.6. The first-order valence-electron chi connectivity index (χ1n) is 7.90. The number of nitrogens with zero attached hydrogens (tertiary/aromatic N) is 2. The molecule has 0 fully saturated rings. The standard InChI is InChI=1S/C11H18N6O6.C2H5NO.C2H2/c12-5(4-18)9-16-8(23-17-9)3-14-11(22)15-6(10(20)21)1-2-7(13)19;1-2(3)4;1-2/h5-6,18H,1-4,12H2,(H2,13,19)(H,20,21)(H2,14,15,22);1H3,(H2,3,4);1-2H/t5-,6-;;/m0../s1. The number of nitrogens with one attached hydrogen (secondary N) is 2. The molecule has 0 bridgehead atoms. The van der Waals surface area contributed by atoms with Gasteiger partial charge in [0, 0.05) is 13.3 Å². The van der Waals surface area contributed by atoms with Gasteiger partial charge in [-0.05, 0) is 6.42 Å². The molecule has 29 heavy (non-hydrogen) atoms. The Hall–Kier alpha value is -3.70. The van der Waals surface area contributed by atoms with Crippen molar-refractivity contribution < 1.29 is 33.9 Å². The van der Waals surface area contributed by atoms with Crippen LogP contribution in [0.25, 0.3) is 0 Å². The second-order valence-electron chi connectivity index (χ2n) is 5.17. The maximum Gasteiger partial charge on any atom is 0.326 e. The number of hydrogen-bond donors (Lipinski definition) is 7. The van der Waals surface area contributed by atoms with Gasteiger partial charge in [-0.3, -0.25) is 9.59 Å². The normalized spacial score (nSPS) is 11.3. The quantitative estimate of drug-likeness (QED) is 0.206. The summed E-state index contributed by atoms with van der Waals surface area (Å²) in [7, 11) is 0. The highest BCUT2D eigenvalue weighted by atomic mass is 16.5. The summed E-state index contributed by atoms with van der Waals surface area (Å²) in [5, 5.41) is 25.8. The summed E-state index contributed by atoms with van der Waals surface area (Å²) in [6.45, 7) is 0.770. The Morgan fingerprint density at radius 3 is 2.24 bits per heavy atom. The molecule has 4 amide bonds. The lowest BCUT2D eigenvalue weighted by Crippen LogP contribution is -2.46. The van der Waals surface area contributed by atoms with Crippen LogP contribution < -0.4 is 27.8 Å². The van der Waals surface area contributed by atoms with Crippen molar-refractivity contribution >= 4 is 23.8 Å². The Balaban J connectivity index is 0. The van der Waals surface area contributed by atoms with Gasteiger partial charge in [-0.1, -0.05) is 5.16 Å². The average molecular weight is 415 g/mol. The fourth-order valence-electron chi connectivity index (χ4n) is 1.48. The molecule has 14 nitrogen and oxygen atoms in total. The average Bonchev–Trinajstić information content (AvgIpc) is 3.12. The Labute approximate surface area is 166 Å². The van der Waals surface area contributed by atoms with Gasteiger partial charge in [-0.25, -0.2) is 9.59 Å². The third-order valence-corrected chi connectivity index (χ3v) is 2.70. The molecule has 0 aliphatic heterocycles. The van der Waals surface area contributed by atoms with Crippen LogP contribution in [-0.2, 0) is 20.9 Å². The van der Waals surface area contributed by atoms with Gasteiger partial charge in [0.1, 0.15) is 6.04 Å². The molecule has 0 aliphatic rings. The number of carboxylic acid groups (broad SMARTS) is 1. The monoisotopic (exact) mass is 415 g/mol. The second-order valence-corrected chi connectivity index (χ2v) is 5.17. The number of primary amides is 2. The molecule has 0 spiro atoms. The highest BCUT2D eigenvalue weighted by molar-refractivity contribution is 5.83. The smallest absolute Gasteiger partial charge is 0.326 e. The molecule has 0 aliphatic carbocycles. The van der Waals surface area contributed by atoms with Crippen molar-refractivity contribution in [2.24, 2.45) is 17.2 Å². The van der Waals surface area contributed by atoms with Gasteiger partial charge in [0.15, 0.2) is 5.82 Å². The number of hydrogen-bond acceptors (Lipinski definition) is 9.